The summed E-state index contributed by atoms with van der Waals surface area (Å²) < 4.78 is 5.60. The SMILES string of the molecule is CCN(CC)Cc1cccc(CNC(=NC)NCCCOCC(C)C)c1. The number of aliphatic imine (C=N–C) groups is 1. The van der Waals surface area contributed by atoms with Gasteiger partial charge in [0, 0.05) is 39.9 Å². The van der Waals surface area contributed by atoms with E-state index in [1.165, 1.54) is 11.1 Å². The number of ether oxygens (including phenoxy) is 1. The second-order valence-electron chi connectivity index (χ2n) is 6.96. The Kier molecular flexibility index (Phi) is 11.7. The molecule has 2 N–H and O–H groups in total. The molecule has 1 rings (SSSR count). The molecule has 0 atom stereocenters. The zero-order chi connectivity index (χ0) is 19.2. The van der Waals surface area contributed by atoms with Crippen LogP contribution in [0.25, 0.3) is 0 Å². The van der Waals surface area contributed by atoms with Crippen molar-refractivity contribution >= 4 is 5.96 Å². The molecule has 0 amide bonds. The number of nitrogens with zero attached hydrogens (tertiary/aromatic N) is 2. The molecular weight excluding hydrogens is 324 g/mol. The lowest BCUT2D eigenvalue weighted by molar-refractivity contribution is 0.108. The fourth-order valence-corrected chi connectivity index (χ4v) is 2.65. The first-order valence-electron chi connectivity index (χ1n) is 9.91. The fraction of sp³-hybridized carbons (Fsp3) is 0.667. The Balaban J connectivity index is 2.34. The van der Waals surface area contributed by atoms with Gasteiger partial charge in [-0.25, -0.2) is 0 Å². The molecule has 0 aliphatic heterocycles. The summed E-state index contributed by atoms with van der Waals surface area (Å²) in [6, 6.07) is 8.77. The third-order valence-electron chi connectivity index (χ3n) is 4.18. The first-order valence-corrected chi connectivity index (χ1v) is 9.91. The van der Waals surface area contributed by atoms with Gasteiger partial charge in [0.15, 0.2) is 5.96 Å². The highest BCUT2D eigenvalue weighted by Crippen LogP contribution is 2.08. The summed E-state index contributed by atoms with van der Waals surface area (Å²) in [6.45, 7) is 15.2. The zero-order valence-corrected chi connectivity index (χ0v) is 17.3. The largest absolute Gasteiger partial charge is 0.381 e. The molecular formula is C21H38N4O. The van der Waals surface area contributed by atoms with E-state index in [9.17, 15) is 0 Å². The molecule has 0 saturated heterocycles. The van der Waals surface area contributed by atoms with E-state index in [0.717, 1.165) is 58.3 Å². The van der Waals surface area contributed by atoms with Crippen LogP contribution in [-0.4, -0.2) is 50.8 Å². The summed E-state index contributed by atoms with van der Waals surface area (Å²) >= 11 is 0. The van der Waals surface area contributed by atoms with Gasteiger partial charge in [0.2, 0.25) is 0 Å². The average Bonchev–Trinajstić information content (AvgIpc) is 2.65. The molecule has 5 heteroatoms. The van der Waals surface area contributed by atoms with Gasteiger partial charge in [-0.15, -0.1) is 0 Å². The van der Waals surface area contributed by atoms with Crippen LogP contribution in [0.4, 0.5) is 0 Å². The van der Waals surface area contributed by atoms with Crippen molar-refractivity contribution in [2.24, 2.45) is 10.9 Å². The molecule has 0 saturated carbocycles. The van der Waals surface area contributed by atoms with Gasteiger partial charge in [-0.05, 0) is 36.6 Å². The summed E-state index contributed by atoms with van der Waals surface area (Å²) in [5.41, 5.74) is 2.64. The smallest absolute Gasteiger partial charge is 0.191 e. The van der Waals surface area contributed by atoms with Crippen molar-refractivity contribution in [3.05, 3.63) is 35.4 Å². The van der Waals surface area contributed by atoms with E-state index in [2.05, 4.69) is 72.5 Å². The van der Waals surface area contributed by atoms with Crippen molar-refractivity contribution in [3.8, 4) is 0 Å². The van der Waals surface area contributed by atoms with Gasteiger partial charge < -0.3 is 15.4 Å². The molecule has 148 valence electrons. The van der Waals surface area contributed by atoms with Crippen molar-refractivity contribution in [2.45, 2.75) is 47.2 Å². The Morgan fingerprint density at radius 2 is 1.88 bits per heavy atom. The molecule has 0 aromatic heterocycles. The molecule has 0 bridgehead atoms. The summed E-state index contributed by atoms with van der Waals surface area (Å²) in [4.78, 5) is 6.72. The van der Waals surface area contributed by atoms with Crippen molar-refractivity contribution in [1.82, 2.24) is 15.5 Å². The Hall–Kier alpha value is -1.59. The molecule has 0 aliphatic rings. The minimum Gasteiger partial charge on any atom is -0.381 e. The predicted octanol–water partition coefficient (Wildman–Crippen LogP) is 3.26. The average molecular weight is 363 g/mol. The highest BCUT2D eigenvalue weighted by molar-refractivity contribution is 5.79. The van der Waals surface area contributed by atoms with E-state index >= 15 is 0 Å². The van der Waals surface area contributed by atoms with Gasteiger partial charge in [-0.3, -0.25) is 9.89 Å². The molecule has 5 nitrogen and oxygen atoms in total. The zero-order valence-electron chi connectivity index (χ0n) is 17.3. The van der Waals surface area contributed by atoms with Crippen LogP contribution in [0, 0.1) is 5.92 Å². The number of guanidine groups is 1. The predicted molar refractivity (Wildman–Crippen MR) is 112 cm³/mol. The van der Waals surface area contributed by atoms with Crippen LogP contribution in [0.15, 0.2) is 29.3 Å². The second-order valence-corrected chi connectivity index (χ2v) is 6.96. The number of rotatable bonds is 12. The number of hydrogen-bond donors (Lipinski definition) is 2. The van der Waals surface area contributed by atoms with E-state index in [-0.39, 0.29) is 0 Å². The molecule has 0 spiro atoms. The van der Waals surface area contributed by atoms with Crippen molar-refractivity contribution in [3.63, 3.8) is 0 Å². The Morgan fingerprint density at radius 3 is 2.54 bits per heavy atom. The highest BCUT2D eigenvalue weighted by atomic mass is 16.5. The maximum Gasteiger partial charge on any atom is 0.191 e. The Labute approximate surface area is 160 Å². The molecule has 0 aliphatic carbocycles. The molecule has 0 unspecified atom stereocenters. The van der Waals surface area contributed by atoms with E-state index in [1.54, 1.807) is 7.05 Å². The van der Waals surface area contributed by atoms with Crippen LogP contribution in [0.5, 0.6) is 0 Å². The van der Waals surface area contributed by atoms with Gasteiger partial charge in [-0.1, -0.05) is 52.0 Å². The number of benzene rings is 1. The second kappa shape index (κ2) is 13.6. The van der Waals surface area contributed by atoms with E-state index in [1.807, 2.05) is 0 Å². The lowest BCUT2D eigenvalue weighted by atomic mass is 10.1. The van der Waals surface area contributed by atoms with Crippen LogP contribution < -0.4 is 10.6 Å². The maximum absolute atomic E-state index is 5.60. The Bertz CT molecular complexity index is 512. The highest BCUT2D eigenvalue weighted by Gasteiger charge is 2.03. The van der Waals surface area contributed by atoms with Crippen LogP contribution in [-0.2, 0) is 17.8 Å². The minimum atomic E-state index is 0.592. The standard InChI is InChI=1S/C21H38N4O/c1-6-25(7-2)16-20-11-8-10-19(14-20)15-24-21(22-5)23-12-9-13-26-17-18(3)4/h8,10-11,14,18H,6-7,9,12-13,15-17H2,1-5H3,(H2,22,23,24). The van der Waals surface area contributed by atoms with Gasteiger partial charge >= 0.3 is 0 Å². The molecule has 26 heavy (non-hydrogen) atoms. The first kappa shape index (κ1) is 22.5. The summed E-state index contributed by atoms with van der Waals surface area (Å²) in [7, 11) is 1.81. The van der Waals surface area contributed by atoms with Crippen molar-refractivity contribution < 1.29 is 4.74 Å². The first-order chi connectivity index (χ1) is 12.6. The van der Waals surface area contributed by atoms with Gasteiger partial charge in [0.1, 0.15) is 0 Å². The van der Waals surface area contributed by atoms with Crippen LogP contribution in [0.3, 0.4) is 0 Å². The van der Waals surface area contributed by atoms with E-state index in [4.69, 9.17) is 4.74 Å². The lowest BCUT2D eigenvalue weighted by Crippen LogP contribution is -2.37. The molecule has 1 aromatic carbocycles. The molecule has 0 heterocycles. The van der Waals surface area contributed by atoms with Crippen molar-refractivity contribution in [2.75, 3.05) is 39.9 Å². The van der Waals surface area contributed by atoms with E-state index < -0.39 is 0 Å². The van der Waals surface area contributed by atoms with Crippen LogP contribution in [0.2, 0.25) is 0 Å². The third-order valence-corrected chi connectivity index (χ3v) is 4.18. The molecule has 0 radical (unpaired) electrons. The van der Waals surface area contributed by atoms with Crippen molar-refractivity contribution in [1.29, 1.82) is 0 Å². The molecule has 1 aromatic rings. The quantitative estimate of drug-likeness (QED) is 0.340. The third kappa shape index (κ3) is 9.78. The van der Waals surface area contributed by atoms with Gasteiger partial charge in [0.05, 0.1) is 0 Å². The fourth-order valence-electron chi connectivity index (χ4n) is 2.65. The lowest BCUT2D eigenvalue weighted by Gasteiger charge is -2.18. The topological polar surface area (TPSA) is 48.9 Å². The van der Waals surface area contributed by atoms with Crippen LogP contribution in [0.1, 0.15) is 45.2 Å². The Morgan fingerprint density at radius 1 is 1.15 bits per heavy atom. The normalized spacial score (nSPS) is 12.0. The molecule has 0 fully saturated rings. The maximum atomic E-state index is 5.60. The number of nitrogens with one attached hydrogen (secondary N) is 2. The van der Waals surface area contributed by atoms with Gasteiger partial charge in [0.25, 0.3) is 0 Å². The number of hydrogen-bond acceptors (Lipinski definition) is 3. The van der Waals surface area contributed by atoms with Gasteiger partial charge in [-0.2, -0.15) is 0 Å². The summed E-state index contributed by atoms with van der Waals surface area (Å²) in [6.07, 6.45) is 0.979. The van der Waals surface area contributed by atoms with Crippen LogP contribution >= 0.6 is 0 Å². The summed E-state index contributed by atoms with van der Waals surface area (Å²) in [5.74, 6) is 1.43. The summed E-state index contributed by atoms with van der Waals surface area (Å²) in [5, 5.41) is 6.73. The van der Waals surface area contributed by atoms with E-state index in [0.29, 0.717) is 5.92 Å². The minimum absolute atomic E-state index is 0.592. The monoisotopic (exact) mass is 362 g/mol.